The fourth-order valence-electron chi connectivity index (χ4n) is 3.10. The minimum Gasteiger partial charge on any atom is -0.396 e. The van der Waals surface area contributed by atoms with Crippen LogP contribution in [-0.2, 0) is 4.79 Å². The lowest BCUT2D eigenvalue weighted by Crippen LogP contribution is -2.49. The lowest BCUT2D eigenvalue weighted by atomic mass is 9.76. The highest BCUT2D eigenvalue weighted by Gasteiger charge is 2.35. The van der Waals surface area contributed by atoms with Gasteiger partial charge in [0.2, 0.25) is 5.91 Å². The van der Waals surface area contributed by atoms with Crippen LogP contribution < -0.4 is 5.32 Å². The molecule has 1 heterocycles. The van der Waals surface area contributed by atoms with Gasteiger partial charge in [0.25, 0.3) is 0 Å². The monoisotopic (exact) mass is 315 g/mol. The quantitative estimate of drug-likeness (QED) is 0.874. The summed E-state index contributed by atoms with van der Waals surface area (Å²) in [5.41, 5.74) is 1.04. The van der Waals surface area contributed by atoms with Gasteiger partial charge in [0, 0.05) is 6.61 Å². The first-order valence-corrected chi connectivity index (χ1v) is 8.20. The number of anilines is 1. The van der Waals surface area contributed by atoms with E-state index in [-0.39, 0.29) is 24.0 Å². The van der Waals surface area contributed by atoms with E-state index in [4.69, 9.17) is 5.26 Å². The third kappa shape index (κ3) is 3.90. The van der Waals surface area contributed by atoms with Crippen molar-refractivity contribution < 1.29 is 9.90 Å². The summed E-state index contributed by atoms with van der Waals surface area (Å²) in [4.78, 5) is 14.6. The fourth-order valence-corrected chi connectivity index (χ4v) is 3.10. The van der Waals surface area contributed by atoms with E-state index in [1.807, 2.05) is 6.92 Å². The van der Waals surface area contributed by atoms with Gasteiger partial charge in [-0.1, -0.05) is 19.1 Å². The van der Waals surface area contributed by atoms with E-state index in [0.29, 0.717) is 11.3 Å². The Hall–Kier alpha value is -1.90. The maximum Gasteiger partial charge on any atom is 0.241 e. The van der Waals surface area contributed by atoms with Crippen LogP contribution in [0.3, 0.4) is 0 Å². The number of benzene rings is 1. The van der Waals surface area contributed by atoms with Gasteiger partial charge in [-0.3, -0.25) is 9.69 Å². The van der Waals surface area contributed by atoms with Crippen molar-refractivity contribution in [2.24, 2.45) is 5.41 Å². The van der Waals surface area contributed by atoms with Gasteiger partial charge in [0.05, 0.1) is 17.3 Å². The number of nitrogens with zero attached hydrogens (tertiary/aromatic N) is 2. The second-order valence-electron chi connectivity index (χ2n) is 6.37. The van der Waals surface area contributed by atoms with Crippen LogP contribution in [0.1, 0.15) is 38.7 Å². The van der Waals surface area contributed by atoms with Crippen LogP contribution >= 0.6 is 0 Å². The van der Waals surface area contributed by atoms with Crippen LogP contribution in [0.4, 0.5) is 5.69 Å². The van der Waals surface area contributed by atoms with Crippen molar-refractivity contribution in [2.45, 2.75) is 39.2 Å². The topological polar surface area (TPSA) is 76.4 Å². The second kappa shape index (κ2) is 7.58. The van der Waals surface area contributed by atoms with Crippen LogP contribution in [0.5, 0.6) is 0 Å². The molecular formula is C18H25N3O2. The van der Waals surface area contributed by atoms with E-state index < -0.39 is 0 Å². The number of nitrogens with one attached hydrogen (secondary N) is 1. The minimum absolute atomic E-state index is 0.0140. The molecule has 124 valence electrons. The van der Waals surface area contributed by atoms with Gasteiger partial charge in [0.15, 0.2) is 0 Å². The van der Waals surface area contributed by atoms with E-state index in [9.17, 15) is 9.90 Å². The molecule has 0 aliphatic carbocycles. The molecule has 5 heteroatoms. The number of rotatable bonds is 5. The van der Waals surface area contributed by atoms with Gasteiger partial charge in [-0.05, 0) is 56.8 Å². The molecule has 5 nitrogen and oxygen atoms in total. The van der Waals surface area contributed by atoms with Gasteiger partial charge >= 0.3 is 0 Å². The van der Waals surface area contributed by atoms with Crippen molar-refractivity contribution >= 4 is 11.6 Å². The maximum absolute atomic E-state index is 12.5. The number of nitriles is 1. The lowest BCUT2D eigenvalue weighted by Gasteiger charge is -2.42. The van der Waals surface area contributed by atoms with E-state index in [0.717, 1.165) is 32.4 Å². The van der Waals surface area contributed by atoms with Crippen molar-refractivity contribution in [3.63, 3.8) is 0 Å². The van der Waals surface area contributed by atoms with Gasteiger partial charge in [-0.15, -0.1) is 0 Å². The number of carbonyl (C=O) groups excluding carboxylic acids is 1. The molecule has 0 spiro atoms. The standard InChI is InChI=1S/C18H25N3O2/c1-3-18(13-22)8-10-21(11-9-18)14(2)17(23)20-16-7-5-4-6-15(16)12-19/h4-7,14,22H,3,8-11,13H2,1-2H3,(H,20,23). The number of piperidine rings is 1. The third-order valence-electron chi connectivity index (χ3n) is 5.18. The Balaban J connectivity index is 1.97. The highest BCUT2D eigenvalue weighted by Crippen LogP contribution is 2.34. The summed E-state index contributed by atoms with van der Waals surface area (Å²) in [6.45, 7) is 5.84. The SMILES string of the molecule is CCC1(CO)CCN(C(C)C(=O)Nc2ccccc2C#N)CC1. The average molecular weight is 315 g/mol. The molecule has 2 rings (SSSR count). The average Bonchev–Trinajstić information content (AvgIpc) is 2.61. The van der Waals surface area contributed by atoms with E-state index >= 15 is 0 Å². The van der Waals surface area contributed by atoms with Crippen LogP contribution in [0.15, 0.2) is 24.3 Å². The Morgan fingerprint density at radius 1 is 1.43 bits per heavy atom. The van der Waals surface area contributed by atoms with Crippen molar-refractivity contribution in [1.82, 2.24) is 4.90 Å². The summed E-state index contributed by atoms with van der Waals surface area (Å²) in [6.07, 6.45) is 2.78. The summed E-state index contributed by atoms with van der Waals surface area (Å²) in [7, 11) is 0. The molecule has 0 radical (unpaired) electrons. The molecule has 1 aliphatic rings. The van der Waals surface area contributed by atoms with E-state index in [1.54, 1.807) is 24.3 Å². The third-order valence-corrected chi connectivity index (χ3v) is 5.18. The van der Waals surface area contributed by atoms with Gasteiger partial charge in [-0.2, -0.15) is 5.26 Å². The Morgan fingerprint density at radius 2 is 2.09 bits per heavy atom. The largest absolute Gasteiger partial charge is 0.396 e. The van der Waals surface area contributed by atoms with Crippen LogP contribution in [0, 0.1) is 16.7 Å². The zero-order valence-corrected chi connectivity index (χ0v) is 13.9. The Labute approximate surface area is 137 Å². The smallest absolute Gasteiger partial charge is 0.241 e. The Bertz CT molecular complexity index is 580. The zero-order chi connectivity index (χ0) is 16.9. The van der Waals surface area contributed by atoms with Gasteiger partial charge in [0.1, 0.15) is 6.07 Å². The lowest BCUT2D eigenvalue weighted by molar-refractivity contribution is -0.121. The molecule has 2 N–H and O–H groups in total. The Kier molecular flexibility index (Phi) is 5.75. The van der Waals surface area contributed by atoms with Crippen molar-refractivity contribution in [3.8, 4) is 6.07 Å². The molecule has 1 amide bonds. The maximum atomic E-state index is 12.5. The second-order valence-corrected chi connectivity index (χ2v) is 6.37. The first-order valence-electron chi connectivity index (χ1n) is 8.20. The highest BCUT2D eigenvalue weighted by atomic mass is 16.3. The molecule has 1 aromatic carbocycles. The normalized spacial score (nSPS) is 18.9. The molecular weight excluding hydrogens is 290 g/mol. The molecule has 1 aliphatic heterocycles. The number of carbonyl (C=O) groups is 1. The number of aliphatic hydroxyl groups is 1. The molecule has 1 atom stereocenters. The number of amides is 1. The first kappa shape index (κ1) is 17.5. The predicted molar refractivity (Wildman–Crippen MR) is 89.9 cm³/mol. The van der Waals surface area contributed by atoms with E-state index in [2.05, 4.69) is 23.2 Å². The summed E-state index contributed by atoms with van der Waals surface area (Å²) >= 11 is 0. The Morgan fingerprint density at radius 3 is 2.65 bits per heavy atom. The van der Waals surface area contributed by atoms with Crippen molar-refractivity contribution in [3.05, 3.63) is 29.8 Å². The number of para-hydroxylation sites is 1. The highest BCUT2D eigenvalue weighted by molar-refractivity contribution is 5.95. The first-order chi connectivity index (χ1) is 11.0. The molecule has 0 aromatic heterocycles. The molecule has 1 aromatic rings. The molecule has 1 saturated heterocycles. The molecule has 23 heavy (non-hydrogen) atoms. The van der Waals surface area contributed by atoms with Gasteiger partial charge in [-0.25, -0.2) is 0 Å². The van der Waals surface area contributed by atoms with Crippen molar-refractivity contribution in [2.75, 3.05) is 25.0 Å². The number of likely N-dealkylation sites (tertiary alicyclic amines) is 1. The zero-order valence-electron chi connectivity index (χ0n) is 13.9. The summed E-state index contributed by atoms with van der Waals surface area (Å²) in [6, 6.07) is 8.85. The number of hydrogen-bond acceptors (Lipinski definition) is 4. The molecule has 1 unspecified atom stereocenters. The fraction of sp³-hybridized carbons (Fsp3) is 0.556. The summed E-state index contributed by atoms with van der Waals surface area (Å²) in [5.74, 6) is -0.0966. The molecule has 1 fully saturated rings. The van der Waals surface area contributed by atoms with E-state index in [1.165, 1.54) is 0 Å². The molecule has 0 saturated carbocycles. The number of aliphatic hydroxyl groups excluding tert-OH is 1. The predicted octanol–water partition coefficient (Wildman–Crippen LogP) is 2.37. The number of hydrogen-bond donors (Lipinski definition) is 2. The van der Waals surface area contributed by atoms with Gasteiger partial charge < -0.3 is 10.4 Å². The van der Waals surface area contributed by atoms with Crippen LogP contribution in [-0.4, -0.2) is 41.7 Å². The minimum atomic E-state index is -0.254. The van der Waals surface area contributed by atoms with Crippen molar-refractivity contribution in [1.29, 1.82) is 5.26 Å². The van der Waals surface area contributed by atoms with Crippen LogP contribution in [0.2, 0.25) is 0 Å². The van der Waals surface area contributed by atoms with Crippen LogP contribution in [0.25, 0.3) is 0 Å². The summed E-state index contributed by atoms with van der Waals surface area (Å²) < 4.78 is 0. The summed E-state index contributed by atoms with van der Waals surface area (Å²) in [5, 5.41) is 21.5. The molecule has 0 bridgehead atoms.